The smallest absolute Gasteiger partial charge is 0.256 e. The van der Waals surface area contributed by atoms with Gasteiger partial charge in [-0.05, 0) is 52.5 Å². The van der Waals surface area contributed by atoms with Crippen LogP contribution in [-0.4, -0.2) is 29.8 Å². The van der Waals surface area contributed by atoms with E-state index in [0.717, 1.165) is 25.9 Å². The van der Waals surface area contributed by atoms with Crippen LogP contribution in [0.2, 0.25) is 0 Å². The van der Waals surface area contributed by atoms with E-state index in [1.54, 1.807) is 13.8 Å². The molecule has 1 aromatic carbocycles. The number of nitrogens with zero attached hydrogens (tertiary/aromatic N) is 1. The Morgan fingerprint density at radius 2 is 1.96 bits per heavy atom. The zero-order chi connectivity index (χ0) is 18.8. The maximum absolute atomic E-state index is 12.5. The van der Waals surface area contributed by atoms with Gasteiger partial charge < -0.3 is 14.6 Å². The van der Waals surface area contributed by atoms with Gasteiger partial charge in [0.2, 0.25) is 0 Å². The van der Waals surface area contributed by atoms with Crippen molar-refractivity contribution >= 4 is 5.91 Å². The molecular weight excluding hydrogens is 328 g/mol. The highest BCUT2D eigenvalue weighted by Crippen LogP contribution is 2.43. The highest BCUT2D eigenvalue weighted by molar-refractivity contribution is 5.96. The topological polar surface area (TPSA) is 64.4 Å². The molecule has 0 spiro atoms. The number of rotatable bonds is 5. The third kappa shape index (κ3) is 3.83. The first-order valence-corrected chi connectivity index (χ1v) is 9.24. The lowest BCUT2D eigenvalue weighted by Gasteiger charge is -2.45. The molecule has 0 unspecified atom stereocenters. The molecule has 0 radical (unpaired) electrons. The fourth-order valence-electron chi connectivity index (χ4n) is 4.18. The zero-order valence-corrected chi connectivity index (χ0v) is 16.1. The minimum absolute atomic E-state index is 0.00895. The number of carbonyl (C=O) groups excluding carboxylic acids is 1. The predicted octanol–water partition coefficient (Wildman–Crippen LogP) is 3.94. The van der Waals surface area contributed by atoms with Crippen molar-refractivity contribution in [3.63, 3.8) is 0 Å². The number of carbonyl (C=O) groups is 1. The van der Waals surface area contributed by atoms with Gasteiger partial charge in [-0.2, -0.15) is 0 Å². The maximum atomic E-state index is 12.5. The Morgan fingerprint density at radius 3 is 2.58 bits per heavy atom. The van der Waals surface area contributed by atoms with Crippen LogP contribution in [0.25, 0.3) is 0 Å². The number of hydrogen-bond acceptors (Lipinski definition) is 4. The number of benzene rings is 1. The Bertz CT molecular complexity index is 747. The van der Waals surface area contributed by atoms with Gasteiger partial charge in [-0.3, -0.25) is 4.79 Å². The number of aromatic nitrogens is 1. The quantitative estimate of drug-likeness (QED) is 0.881. The lowest BCUT2D eigenvalue weighted by molar-refractivity contribution is -0.0838. The zero-order valence-electron chi connectivity index (χ0n) is 16.1. The van der Waals surface area contributed by atoms with Gasteiger partial charge in [0.15, 0.2) is 0 Å². The van der Waals surface area contributed by atoms with E-state index in [4.69, 9.17) is 9.26 Å². The van der Waals surface area contributed by atoms with Crippen LogP contribution in [-0.2, 0) is 10.2 Å². The van der Waals surface area contributed by atoms with Gasteiger partial charge in [-0.25, -0.2) is 0 Å². The normalized spacial score (nSPS) is 22.2. The average molecular weight is 356 g/mol. The molecule has 2 heterocycles. The van der Waals surface area contributed by atoms with E-state index >= 15 is 0 Å². The van der Waals surface area contributed by atoms with Crippen molar-refractivity contribution in [2.45, 2.75) is 58.0 Å². The number of nitrogens with one attached hydrogen (secondary N) is 1. The van der Waals surface area contributed by atoms with Crippen LogP contribution >= 0.6 is 0 Å². The highest BCUT2D eigenvalue weighted by atomic mass is 16.5. The van der Waals surface area contributed by atoms with Gasteiger partial charge in [0, 0.05) is 18.6 Å². The van der Waals surface area contributed by atoms with Gasteiger partial charge >= 0.3 is 0 Å². The number of amides is 1. The van der Waals surface area contributed by atoms with Crippen LogP contribution in [0.3, 0.4) is 0 Å². The molecule has 26 heavy (non-hydrogen) atoms. The third-order valence-corrected chi connectivity index (χ3v) is 5.37. The molecule has 1 N–H and O–H groups in total. The molecule has 0 bridgehead atoms. The first-order valence-electron chi connectivity index (χ1n) is 9.24. The van der Waals surface area contributed by atoms with Crippen LogP contribution in [0.15, 0.2) is 34.9 Å². The Morgan fingerprint density at radius 1 is 1.23 bits per heavy atom. The predicted molar refractivity (Wildman–Crippen MR) is 100 cm³/mol. The molecule has 1 aliphatic heterocycles. The molecule has 3 rings (SSSR count). The van der Waals surface area contributed by atoms with Crippen molar-refractivity contribution in [1.82, 2.24) is 10.5 Å². The lowest BCUT2D eigenvalue weighted by Crippen LogP contribution is -2.45. The van der Waals surface area contributed by atoms with Crippen LogP contribution in [0, 0.1) is 13.8 Å². The monoisotopic (exact) mass is 356 g/mol. The van der Waals surface area contributed by atoms with Crippen LogP contribution < -0.4 is 5.32 Å². The molecule has 1 atom stereocenters. The molecule has 1 aromatic heterocycles. The van der Waals surface area contributed by atoms with Crippen molar-refractivity contribution in [3.05, 3.63) is 52.9 Å². The summed E-state index contributed by atoms with van der Waals surface area (Å²) in [5.74, 6) is 0.445. The standard InChI is InChI=1S/C21H28N2O3/c1-15-18(16(2)26-23-15)19(24)22-12-10-21(17-8-6-5-7-9-17)11-13-25-20(3,4)14-21/h5-9H,10-14H2,1-4H3,(H,22,24)/t21-/m1/s1. The van der Waals surface area contributed by atoms with Crippen molar-refractivity contribution in [2.75, 3.05) is 13.2 Å². The van der Waals surface area contributed by atoms with Crippen LogP contribution in [0.5, 0.6) is 0 Å². The Balaban J connectivity index is 1.74. The second kappa shape index (κ2) is 7.23. The minimum atomic E-state index is -0.167. The lowest BCUT2D eigenvalue weighted by atomic mass is 9.67. The molecule has 1 fully saturated rings. The summed E-state index contributed by atoms with van der Waals surface area (Å²) in [7, 11) is 0. The van der Waals surface area contributed by atoms with E-state index in [-0.39, 0.29) is 16.9 Å². The first-order chi connectivity index (χ1) is 12.3. The maximum Gasteiger partial charge on any atom is 0.256 e. The summed E-state index contributed by atoms with van der Waals surface area (Å²) in [6, 6.07) is 10.6. The summed E-state index contributed by atoms with van der Waals surface area (Å²) in [4.78, 5) is 12.5. The molecule has 5 nitrogen and oxygen atoms in total. The summed E-state index contributed by atoms with van der Waals surface area (Å²) in [5.41, 5.74) is 2.34. The van der Waals surface area contributed by atoms with Crippen molar-refractivity contribution in [1.29, 1.82) is 0 Å². The SMILES string of the molecule is Cc1noc(C)c1C(=O)NCC[C@@]1(c2ccccc2)CCOC(C)(C)C1. The van der Waals surface area contributed by atoms with Crippen LogP contribution in [0.1, 0.15) is 60.5 Å². The third-order valence-electron chi connectivity index (χ3n) is 5.37. The molecule has 1 saturated heterocycles. The number of ether oxygens (including phenoxy) is 1. The van der Waals surface area contributed by atoms with E-state index in [1.807, 2.05) is 6.07 Å². The second-order valence-corrected chi connectivity index (χ2v) is 7.89. The van der Waals surface area contributed by atoms with Gasteiger partial charge in [0.25, 0.3) is 5.91 Å². The number of aryl methyl sites for hydroxylation is 2. The van der Waals surface area contributed by atoms with E-state index < -0.39 is 0 Å². The largest absolute Gasteiger partial charge is 0.376 e. The average Bonchev–Trinajstić information content (AvgIpc) is 2.93. The molecule has 0 saturated carbocycles. The minimum Gasteiger partial charge on any atom is -0.376 e. The molecule has 5 heteroatoms. The van der Waals surface area contributed by atoms with Crippen LogP contribution in [0.4, 0.5) is 0 Å². The fraction of sp³-hybridized carbons (Fsp3) is 0.524. The summed E-state index contributed by atoms with van der Waals surface area (Å²) >= 11 is 0. The Labute approximate surface area is 155 Å². The summed E-state index contributed by atoms with van der Waals surface area (Å²) < 4.78 is 11.1. The first kappa shape index (κ1) is 18.6. The van der Waals surface area contributed by atoms with E-state index in [1.165, 1.54) is 5.56 Å². The van der Waals surface area contributed by atoms with Gasteiger partial charge in [0.1, 0.15) is 11.3 Å². The molecule has 0 aliphatic carbocycles. The van der Waals surface area contributed by atoms with E-state index in [9.17, 15) is 4.79 Å². The molecule has 1 aliphatic rings. The summed E-state index contributed by atoms with van der Waals surface area (Å²) in [5, 5.41) is 6.92. The van der Waals surface area contributed by atoms with Crippen molar-refractivity contribution in [3.8, 4) is 0 Å². The number of hydrogen-bond donors (Lipinski definition) is 1. The Hall–Kier alpha value is -2.14. The van der Waals surface area contributed by atoms with Crippen molar-refractivity contribution < 1.29 is 14.1 Å². The molecular formula is C21H28N2O3. The van der Waals surface area contributed by atoms with Gasteiger partial charge in [-0.15, -0.1) is 0 Å². The second-order valence-electron chi connectivity index (χ2n) is 7.89. The summed E-state index contributed by atoms with van der Waals surface area (Å²) in [6.07, 6.45) is 2.77. The summed E-state index contributed by atoms with van der Waals surface area (Å²) in [6.45, 7) is 9.19. The van der Waals surface area contributed by atoms with E-state index in [0.29, 0.717) is 23.6 Å². The van der Waals surface area contributed by atoms with Crippen molar-refractivity contribution in [2.24, 2.45) is 0 Å². The molecule has 140 valence electrons. The van der Waals surface area contributed by atoms with Gasteiger partial charge in [-0.1, -0.05) is 35.5 Å². The fourth-order valence-corrected chi connectivity index (χ4v) is 4.18. The van der Waals surface area contributed by atoms with Gasteiger partial charge in [0.05, 0.1) is 11.3 Å². The van der Waals surface area contributed by atoms with E-state index in [2.05, 4.69) is 48.6 Å². The highest BCUT2D eigenvalue weighted by Gasteiger charge is 2.41. The molecule has 2 aromatic rings. The Kier molecular flexibility index (Phi) is 5.19. The molecule has 1 amide bonds.